The van der Waals surface area contributed by atoms with E-state index in [0.29, 0.717) is 24.0 Å². The van der Waals surface area contributed by atoms with Crippen LogP contribution in [0, 0.1) is 11.8 Å². The number of allylic oxidation sites excluding steroid dienone is 5. The molecule has 1 aliphatic carbocycles. The number of hydrogen-bond acceptors (Lipinski definition) is 3. The van der Waals surface area contributed by atoms with E-state index in [2.05, 4.69) is 69.2 Å². The molecule has 0 fully saturated rings. The lowest BCUT2D eigenvalue weighted by molar-refractivity contribution is -0.149. The standard InChI is InChI=1S/C23H23ClI2O4/c1-3-29-21(22(27)28)14-17-6-7-20(19(24)13-17)30-12-9-16(2)8-11-23(26)10-4-5-18(25)15-23/h4-7,9-10,13,21H,3,12,14-15H2,1-2H3,(H,27,28)/t21-,23?/m0/s1. The first-order valence-corrected chi connectivity index (χ1v) is 11.9. The molecule has 7 heteroatoms. The second kappa shape index (κ2) is 12.1. The molecule has 1 aromatic rings. The Kier molecular flexibility index (Phi) is 10.2. The summed E-state index contributed by atoms with van der Waals surface area (Å²) in [5.41, 5.74) is 1.71. The van der Waals surface area contributed by atoms with Crippen molar-refractivity contribution in [3.63, 3.8) is 0 Å². The Hall–Kier alpha value is -1.02. The maximum absolute atomic E-state index is 11.2. The lowest BCUT2D eigenvalue weighted by Crippen LogP contribution is -2.26. The summed E-state index contributed by atoms with van der Waals surface area (Å²) < 4.78 is 12.1. The third-order valence-corrected chi connectivity index (χ3v) is 6.27. The average Bonchev–Trinajstić information content (AvgIpc) is 2.67. The summed E-state index contributed by atoms with van der Waals surface area (Å²) in [6.07, 6.45) is 8.46. The van der Waals surface area contributed by atoms with Crippen LogP contribution in [-0.4, -0.2) is 33.8 Å². The average molecular weight is 653 g/mol. The Labute approximate surface area is 210 Å². The van der Waals surface area contributed by atoms with Crippen LogP contribution in [0.1, 0.15) is 25.8 Å². The minimum atomic E-state index is -0.988. The SMILES string of the molecule is CCO[C@@H](Cc1ccc(OCC=C(C)C#CC2(I)C=CC=C(I)C2)c(Cl)c1)C(=O)O. The Morgan fingerprint density at radius 2 is 2.23 bits per heavy atom. The maximum Gasteiger partial charge on any atom is 0.333 e. The van der Waals surface area contributed by atoms with Crippen molar-refractivity contribution in [2.75, 3.05) is 13.2 Å². The zero-order valence-electron chi connectivity index (χ0n) is 16.8. The lowest BCUT2D eigenvalue weighted by Gasteiger charge is -2.19. The summed E-state index contributed by atoms with van der Waals surface area (Å²) in [5, 5.41) is 9.64. The van der Waals surface area contributed by atoms with Crippen molar-refractivity contribution >= 4 is 62.8 Å². The van der Waals surface area contributed by atoms with Crippen molar-refractivity contribution in [3.05, 3.63) is 62.2 Å². The van der Waals surface area contributed by atoms with Gasteiger partial charge in [0.05, 0.1) is 5.02 Å². The second-order valence-electron chi connectivity index (χ2n) is 6.71. The predicted molar refractivity (Wildman–Crippen MR) is 138 cm³/mol. The van der Waals surface area contributed by atoms with Crippen LogP contribution < -0.4 is 4.74 Å². The highest BCUT2D eigenvalue weighted by Gasteiger charge is 2.23. The van der Waals surface area contributed by atoms with Crippen molar-refractivity contribution in [1.29, 1.82) is 0 Å². The molecule has 160 valence electrons. The summed E-state index contributed by atoms with van der Waals surface area (Å²) >= 11 is 11.0. The van der Waals surface area contributed by atoms with Gasteiger partial charge in [-0.2, -0.15) is 0 Å². The molecule has 30 heavy (non-hydrogen) atoms. The molecule has 4 nitrogen and oxygen atoms in total. The summed E-state index contributed by atoms with van der Waals surface area (Å²) in [6, 6.07) is 5.27. The molecule has 0 amide bonds. The highest BCUT2D eigenvalue weighted by molar-refractivity contribution is 14.1. The van der Waals surface area contributed by atoms with Crippen LogP contribution in [0.2, 0.25) is 5.02 Å². The molecule has 0 heterocycles. The molecule has 0 spiro atoms. The van der Waals surface area contributed by atoms with Crippen molar-refractivity contribution in [2.24, 2.45) is 0 Å². The zero-order chi connectivity index (χ0) is 22.1. The monoisotopic (exact) mass is 652 g/mol. The Morgan fingerprint density at radius 1 is 1.47 bits per heavy atom. The molecule has 2 rings (SSSR count). The van der Waals surface area contributed by atoms with Crippen LogP contribution in [0.5, 0.6) is 5.75 Å². The van der Waals surface area contributed by atoms with Gasteiger partial charge in [0.1, 0.15) is 15.8 Å². The van der Waals surface area contributed by atoms with E-state index in [1.165, 1.54) is 3.58 Å². The van der Waals surface area contributed by atoms with Gasteiger partial charge in [-0.15, -0.1) is 0 Å². The third kappa shape index (κ3) is 8.25. The summed E-state index contributed by atoms with van der Waals surface area (Å²) in [5.74, 6) is 6.09. The number of benzene rings is 1. The first kappa shape index (κ1) is 25.2. The molecule has 0 saturated carbocycles. The number of ether oxygens (including phenoxy) is 2. The number of rotatable bonds is 8. The summed E-state index contributed by atoms with van der Waals surface area (Å²) in [4.78, 5) is 11.2. The molecular formula is C23H23ClI2O4. The molecule has 1 unspecified atom stereocenters. The number of alkyl halides is 1. The van der Waals surface area contributed by atoms with E-state index in [4.69, 9.17) is 21.1 Å². The fourth-order valence-corrected chi connectivity index (χ4v) is 5.24. The highest BCUT2D eigenvalue weighted by atomic mass is 127. The van der Waals surface area contributed by atoms with Crippen molar-refractivity contribution in [2.45, 2.75) is 36.2 Å². The lowest BCUT2D eigenvalue weighted by atomic mass is 10.0. The number of aliphatic carboxylic acids is 1. The first-order valence-electron chi connectivity index (χ1n) is 9.41. The number of carboxylic acid groups (broad SMARTS) is 1. The minimum Gasteiger partial charge on any atom is -0.488 e. The maximum atomic E-state index is 11.2. The Balaban J connectivity index is 1.95. The van der Waals surface area contributed by atoms with E-state index in [1.807, 2.05) is 19.1 Å². The highest BCUT2D eigenvalue weighted by Crippen LogP contribution is 2.34. The summed E-state index contributed by atoms with van der Waals surface area (Å²) in [7, 11) is 0. The fourth-order valence-electron chi connectivity index (χ4n) is 2.69. The van der Waals surface area contributed by atoms with Crippen LogP contribution in [0.3, 0.4) is 0 Å². The smallest absolute Gasteiger partial charge is 0.333 e. The molecule has 0 aromatic heterocycles. The quantitative estimate of drug-likeness (QED) is 0.208. The van der Waals surface area contributed by atoms with E-state index >= 15 is 0 Å². The number of carbonyl (C=O) groups is 1. The first-order chi connectivity index (χ1) is 14.2. The van der Waals surface area contributed by atoms with Crippen LogP contribution in [0.15, 0.2) is 51.7 Å². The van der Waals surface area contributed by atoms with Crippen LogP contribution in [0.4, 0.5) is 0 Å². The molecule has 0 bridgehead atoms. The van der Waals surface area contributed by atoms with E-state index in [9.17, 15) is 9.90 Å². The van der Waals surface area contributed by atoms with Crippen LogP contribution in [0.25, 0.3) is 0 Å². The van der Waals surface area contributed by atoms with E-state index in [-0.39, 0.29) is 9.84 Å². The molecule has 1 aromatic carbocycles. The van der Waals surface area contributed by atoms with E-state index in [0.717, 1.165) is 17.6 Å². The Morgan fingerprint density at radius 3 is 2.87 bits per heavy atom. The van der Waals surface area contributed by atoms with Gasteiger partial charge >= 0.3 is 5.97 Å². The van der Waals surface area contributed by atoms with Crippen molar-refractivity contribution < 1.29 is 19.4 Å². The summed E-state index contributed by atoms with van der Waals surface area (Å²) in [6.45, 7) is 4.40. The molecule has 1 aliphatic rings. The molecule has 0 aliphatic heterocycles. The van der Waals surface area contributed by atoms with Gasteiger partial charge in [-0.25, -0.2) is 4.79 Å². The van der Waals surface area contributed by atoms with Gasteiger partial charge < -0.3 is 14.6 Å². The molecule has 1 N–H and O–H groups in total. The van der Waals surface area contributed by atoms with E-state index < -0.39 is 12.1 Å². The van der Waals surface area contributed by atoms with Gasteiger partial charge in [0.15, 0.2) is 6.10 Å². The molecule has 0 radical (unpaired) electrons. The van der Waals surface area contributed by atoms with Gasteiger partial charge in [0.25, 0.3) is 0 Å². The second-order valence-corrected chi connectivity index (χ2v) is 10.4. The fraction of sp³-hybridized carbons (Fsp3) is 0.348. The van der Waals surface area contributed by atoms with Gasteiger partial charge in [0.2, 0.25) is 0 Å². The van der Waals surface area contributed by atoms with Gasteiger partial charge in [0, 0.05) is 19.4 Å². The predicted octanol–water partition coefficient (Wildman–Crippen LogP) is 6.15. The minimum absolute atomic E-state index is 0.173. The van der Waals surface area contributed by atoms with Crippen molar-refractivity contribution in [3.8, 4) is 17.6 Å². The van der Waals surface area contributed by atoms with E-state index in [1.54, 1.807) is 25.1 Å². The third-order valence-electron chi connectivity index (χ3n) is 4.22. The van der Waals surface area contributed by atoms with Gasteiger partial charge in [-0.05, 0) is 69.4 Å². The molecular weight excluding hydrogens is 630 g/mol. The number of halogens is 3. The normalized spacial score (nSPS) is 19.5. The number of carboxylic acids is 1. The Bertz CT molecular complexity index is 927. The van der Waals surface area contributed by atoms with Crippen LogP contribution in [-0.2, 0) is 16.0 Å². The van der Waals surface area contributed by atoms with Gasteiger partial charge in [-0.3, -0.25) is 0 Å². The molecule has 0 saturated heterocycles. The molecule has 2 atom stereocenters. The van der Waals surface area contributed by atoms with Gasteiger partial charge in [-0.1, -0.05) is 70.3 Å². The van der Waals surface area contributed by atoms with Crippen LogP contribution >= 0.6 is 56.8 Å². The van der Waals surface area contributed by atoms with Crippen molar-refractivity contribution in [1.82, 2.24) is 0 Å². The largest absolute Gasteiger partial charge is 0.488 e. The number of hydrogen-bond donors (Lipinski definition) is 1. The zero-order valence-corrected chi connectivity index (χ0v) is 21.8. The topological polar surface area (TPSA) is 55.8 Å².